The van der Waals surface area contributed by atoms with E-state index >= 15 is 0 Å². The van der Waals surface area contributed by atoms with Crippen molar-refractivity contribution in [2.24, 2.45) is 5.92 Å². The summed E-state index contributed by atoms with van der Waals surface area (Å²) >= 11 is 0. The molecule has 1 saturated heterocycles. The van der Waals surface area contributed by atoms with Crippen LogP contribution in [0.15, 0.2) is 35.2 Å². The van der Waals surface area contributed by atoms with Crippen molar-refractivity contribution in [2.45, 2.75) is 62.6 Å². The molecule has 0 aliphatic carbocycles. The number of rotatable bonds is 8. The fourth-order valence-corrected chi connectivity index (χ4v) is 5.24. The summed E-state index contributed by atoms with van der Waals surface area (Å²) in [7, 11) is -4.16. The van der Waals surface area contributed by atoms with Gasteiger partial charge in [0, 0.05) is 25.6 Å². The molecule has 4 N–H and O–H groups in total. The van der Waals surface area contributed by atoms with Gasteiger partial charge in [0.2, 0.25) is 5.91 Å². The SMILES string of the molecule is CC1CCC(N(C(=O)C[C@@H](C)CCNC(=O)O)S(=O)(=O)c2ccccc2)C(O)CN1. The van der Waals surface area contributed by atoms with Crippen LogP contribution in [0.1, 0.15) is 39.5 Å². The lowest BCUT2D eigenvalue weighted by Crippen LogP contribution is -2.51. The number of sulfonamides is 1. The lowest BCUT2D eigenvalue weighted by Gasteiger charge is -2.33. The van der Waals surface area contributed by atoms with E-state index < -0.39 is 34.2 Å². The zero-order valence-electron chi connectivity index (χ0n) is 17.3. The molecule has 0 bridgehead atoms. The Hall–Kier alpha value is -2.17. The smallest absolute Gasteiger partial charge is 0.404 e. The van der Waals surface area contributed by atoms with E-state index in [1.165, 1.54) is 12.1 Å². The van der Waals surface area contributed by atoms with E-state index in [1.807, 2.05) is 6.92 Å². The molecule has 1 aromatic carbocycles. The van der Waals surface area contributed by atoms with Crippen LogP contribution in [0.25, 0.3) is 0 Å². The molecule has 0 aromatic heterocycles. The molecule has 0 saturated carbocycles. The predicted molar refractivity (Wildman–Crippen MR) is 111 cm³/mol. The van der Waals surface area contributed by atoms with Crippen LogP contribution in [0.2, 0.25) is 0 Å². The second-order valence-corrected chi connectivity index (χ2v) is 9.67. The minimum absolute atomic E-state index is 0.00370. The first-order valence-corrected chi connectivity index (χ1v) is 11.6. The average molecular weight is 442 g/mol. The third kappa shape index (κ3) is 6.41. The summed E-state index contributed by atoms with van der Waals surface area (Å²) in [5, 5.41) is 24.7. The van der Waals surface area contributed by atoms with Gasteiger partial charge < -0.3 is 20.8 Å². The number of carboxylic acid groups (broad SMARTS) is 1. The van der Waals surface area contributed by atoms with Crippen molar-refractivity contribution in [1.82, 2.24) is 14.9 Å². The predicted octanol–water partition coefficient (Wildman–Crippen LogP) is 1.39. The minimum atomic E-state index is -4.16. The van der Waals surface area contributed by atoms with Crippen LogP contribution < -0.4 is 10.6 Å². The number of nitrogens with one attached hydrogen (secondary N) is 2. The second-order valence-electron chi connectivity index (χ2n) is 7.86. The Morgan fingerprint density at radius 3 is 2.57 bits per heavy atom. The van der Waals surface area contributed by atoms with Crippen LogP contribution in [0, 0.1) is 5.92 Å². The Bertz CT molecular complexity index is 817. The number of amides is 2. The largest absolute Gasteiger partial charge is 0.465 e. The maximum Gasteiger partial charge on any atom is 0.404 e. The lowest BCUT2D eigenvalue weighted by molar-refractivity contribution is -0.130. The Kier molecular flexibility index (Phi) is 8.63. The molecule has 0 radical (unpaired) electrons. The normalized spacial score (nSPS) is 23.2. The Labute approximate surface area is 177 Å². The van der Waals surface area contributed by atoms with Gasteiger partial charge in [0.05, 0.1) is 17.0 Å². The molecule has 2 rings (SSSR count). The first-order chi connectivity index (χ1) is 14.1. The van der Waals surface area contributed by atoms with Crippen molar-refractivity contribution in [3.63, 3.8) is 0 Å². The van der Waals surface area contributed by atoms with Gasteiger partial charge in [0.1, 0.15) is 0 Å². The van der Waals surface area contributed by atoms with E-state index in [9.17, 15) is 23.1 Å². The van der Waals surface area contributed by atoms with Gasteiger partial charge in [-0.15, -0.1) is 0 Å². The van der Waals surface area contributed by atoms with Gasteiger partial charge in [-0.05, 0) is 44.2 Å². The van der Waals surface area contributed by atoms with E-state index in [-0.39, 0.29) is 36.4 Å². The second kappa shape index (κ2) is 10.7. The molecule has 9 nitrogen and oxygen atoms in total. The number of hydrogen-bond acceptors (Lipinski definition) is 6. The van der Waals surface area contributed by atoms with Gasteiger partial charge in [-0.3, -0.25) is 4.79 Å². The van der Waals surface area contributed by atoms with Crippen LogP contribution in [-0.2, 0) is 14.8 Å². The van der Waals surface area contributed by atoms with Crippen LogP contribution in [0.3, 0.4) is 0 Å². The summed E-state index contributed by atoms with van der Waals surface area (Å²) in [4.78, 5) is 23.8. The average Bonchev–Trinajstić information content (AvgIpc) is 2.84. The molecule has 1 aliphatic rings. The molecular weight excluding hydrogens is 410 g/mol. The van der Waals surface area contributed by atoms with E-state index in [1.54, 1.807) is 25.1 Å². The Morgan fingerprint density at radius 1 is 1.27 bits per heavy atom. The molecular formula is C20H31N3O6S. The molecule has 1 heterocycles. The van der Waals surface area contributed by atoms with Crippen LogP contribution in [0.5, 0.6) is 0 Å². The van der Waals surface area contributed by atoms with Gasteiger partial charge in [-0.25, -0.2) is 17.5 Å². The van der Waals surface area contributed by atoms with Crippen LogP contribution >= 0.6 is 0 Å². The van der Waals surface area contributed by atoms with Crippen molar-refractivity contribution in [3.8, 4) is 0 Å². The first-order valence-electron chi connectivity index (χ1n) is 10.1. The molecule has 1 aliphatic heterocycles. The number of nitrogens with zero attached hydrogens (tertiary/aromatic N) is 1. The highest BCUT2D eigenvalue weighted by Gasteiger charge is 2.40. The Balaban J connectivity index is 2.29. The van der Waals surface area contributed by atoms with Gasteiger partial charge in [-0.1, -0.05) is 25.1 Å². The summed E-state index contributed by atoms with van der Waals surface area (Å²) in [5.41, 5.74) is 0. The lowest BCUT2D eigenvalue weighted by atomic mass is 10.0. The van der Waals surface area contributed by atoms with E-state index in [2.05, 4.69) is 10.6 Å². The molecule has 3 unspecified atom stereocenters. The van der Waals surface area contributed by atoms with E-state index in [0.717, 1.165) is 4.31 Å². The topological polar surface area (TPSA) is 136 Å². The van der Waals surface area contributed by atoms with Gasteiger partial charge >= 0.3 is 6.09 Å². The summed E-state index contributed by atoms with van der Waals surface area (Å²) < 4.78 is 27.6. The summed E-state index contributed by atoms with van der Waals surface area (Å²) in [6.45, 7) is 4.08. The molecule has 1 aromatic rings. The monoisotopic (exact) mass is 441 g/mol. The van der Waals surface area contributed by atoms with E-state index in [4.69, 9.17) is 5.11 Å². The summed E-state index contributed by atoms with van der Waals surface area (Å²) in [5.74, 6) is -0.835. The molecule has 0 spiro atoms. The fraction of sp³-hybridized carbons (Fsp3) is 0.600. The maximum atomic E-state index is 13.4. The van der Waals surface area contributed by atoms with Crippen molar-refractivity contribution in [2.75, 3.05) is 13.1 Å². The van der Waals surface area contributed by atoms with Gasteiger partial charge in [0.25, 0.3) is 10.0 Å². The molecule has 10 heteroatoms. The zero-order chi connectivity index (χ0) is 22.3. The van der Waals surface area contributed by atoms with Crippen LogP contribution in [-0.4, -0.2) is 66.2 Å². The number of hydrogen-bond donors (Lipinski definition) is 4. The Morgan fingerprint density at radius 2 is 1.93 bits per heavy atom. The number of β-amino-alcohol motifs (C(OH)–C–C–N with tert-alkyl or cyclic N) is 1. The molecule has 2 amide bonds. The maximum absolute atomic E-state index is 13.4. The summed E-state index contributed by atoms with van der Waals surface area (Å²) in [6, 6.07) is 6.95. The highest BCUT2D eigenvalue weighted by molar-refractivity contribution is 7.89. The molecule has 30 heavy (non-hydrogen) atoms. The van der Waals surface area contributed by atoms with Gasteiger partial charge in [0.15, 0.2) is 0 Å². The minimum Gasteiger partial charge on any atom is -0.465 e. The third-order valence-electron chi connectivity index (χ3n) is 5.30. The molecule has 4 atom stereocenters. The number of carbonyl (C=O) groups excluding carboxylic acids is 1. The van der Waals surface area contributed by atoms with Crippen LogP contribution in [0.4, 0.5) is 4.79 Å². The fourth-order valence-electron chi connectivity index (χ4n) is 3.57. The zero-order valence-corrected chi connectivity index (χ0v) is 18.1. The molecule has 1 fully saturated rings. The first kappa shape index (κ1) is 24.1. The van der Waals surface area contributed by atoms with Crippen molar-refractivity contribution < 1.29 is 28.2 Å². The highest BCUT2D eigenvalue weighted by atomic mass is 32.2. The summed E-state index contributed by atoms with van der Waals surface area (Å²) in [6.07, 6.45) is -0.884. The van der Waals surface area contributed by atoms with E-state index in [0.29, 0.717) is 19.3 Å². The van der Waals surface area contributed by atoms with Crippen molar-refractivity contribution in [3.05, 3.63) is 30.3 Å². The van der Waals surface area contributed by atoms with Crippen molar-refractivity contribution in [1.29, 1.82) is 0 Å². The highest BCUT2D eigenvalue weighted by Crippen LogP contribution is 2.26. The standard InChI is InChI=1S/C20H31N3O6S/c1-14(10-11-21-20(26)27)12-19(25)23(17-9-8-15(2)22-13-18(17)24)30(28,29)16-6-4-3-5-7-16/h3-7,14-15,17-18,21-22,24H,8-13H2,1-2H3,(H,26,27)/t14-,15?,17?,18?/m0/s1. The quantitative estimate of drug-likeness (QED) is 0.478. The molecule has 168 valence electrons. The third-order valence-corrected chi connectivity index (χ3v) is 7.16. The van der Waals surface area contributed by atoms with Gasteiger partial charge in [-0.2, -0.15) is 0 Å². The van der Waals surface area contributed by atoms with Crippen molar-refractivity contribution >= 4 is 22.0 Å². The number of aliphatic hydroxyl groups is 1. The number of carbonyl (C=O) groups is 2. The number of benzene rings is 1. The number of aliphatic hydroxyl groups excluding tert-OH is 1.